The SMILES string of the molecule is Cc1c(C(F)(F)F)n2c(cc1=O)N(C)CCC2. The minimum atomic E-state index is -4.49. The van der Waals surface area contributed by atoms with Gasteiger partial charge in [-0.25, -0.2) is 0 Å². The average molecular weight is 246 g/mol. The first kappa shape index (κ1) is 12.0. The summed E-state index contributed by atoms with van der Waals surface area (Å²) in [6.45, 7) is 2.20. The van der Waals surface area contributed by atoms with Crippen molar-refractivity contribution in [3.05, 3.63) is 27.5 Å². The van der Waals surface area contributed by atoms with Crippen LogP contribution in [-0.4, -0.2) is 18.2 Å². The predicted molar refractivity (Wildman–Crippen MR) is 58.3 cm³/mol. The Balaban J connectivity index is 2.77. The van der Waals surface area contributed by atoms with Crippen molar-refractivity contribution in [1.29, 1.82) is 0 Å². The van der Waals surface area contributed by atoms with Gasteiger partial charge in [0, 0.05) is 31.8 Å². The van der Waals surface area contributed by atoms with Crippen molar-refractivity contribution in [2.75, 3.05) is 18.5 Å². The van der Waals surface area contributed by atoms with E-state index in [-0.39, 0.29) is 5.56 Å². The molecule has 1 aliphatic rings. The molecule has 0 aliphatic carbocycles. The van der Waals surface area contributed by atoms with Crippen LogP contribution in [-0.2, 0) is 12.7 Å². The second-order valence-electron chi connectivity index (χ2n) is 4.26. The van der Waals surface area contributed by atoms with Crippen LogP contribution in [0.4, 0.5) is 19.0 Å². The van der Waals surface area contributed by atoms with Crippen molar-refractivity contribution < 1.29 is 13.2 Å². The molecule has 17 heavy (non-hydrogen) atoms. The molecule has 0 aromatic carbocycles. The highest BCUT2D eigenvalue weighted by molar-refractivity contribution is 5.45. The van der Waals surface area contributed by atoms with Crippen LogP contribution >= 0.6 is 0 Å². The van der Waals surface area contributed by atoms with E-state index in [9.17, 15) is 18.0 Å². The lowest BCUT2D eigenvalue weighted by Crippen LogP contribution is -2.35. The van der Waals surface area contributed by atoms with E-state index in [2.05, 4.69) is 0 Å². The first-order chi connectivity index (χ1) is 7.82. The van der Waals surface area contributed by atoms with Crippen LogP contribution in [0.3, 0.4) is 0 Å². The first-order valence-corrected chi connectivity index (χ1v) is 5.35. The van der Waals surface area contributed by atoms with E-state index in [1.54, 1.807) is 11.9 Å². The minimum absolute atomic E-state index is 0.225. The Labute approximate surface area is 96.5 Å². The molecule has 2 heterocycles. The van der Waals surface area contributed by atoms with E-state index in [4.69, 9.17) is 0 Å². The summed E-state index contributed by atoms with van der Waals surface area (Å²) in [6.07, 6.45) is -3.84. The number of alkyl halides is 3. The first-order valence-electron chi connectivity index (χ1n) is 5.35. The lowest BCUT2D eigenvalue weighted by Gasteiger charge is -2.32. The number of anilines is 1. The quantitative estimate of drug-likeness (QED) is 0.699. The van der Waals surface area contributed by atoms with Crippen LogP contribution < -0.4 is 10.3 Å². The van der Waals surface area contributed by atoms with Gasteiger partial charge in [0.05, 0.1) is 0 Å². The standard InChI is InChI=1S/C11H13F3N2O/c1-7-8(17)6-9-15(2)4-3-5-16(9)10(7)11(12,13)14/h6H,3-5H2,1-2H3. The number of halogens is 3. The van der Waals surface area contributed by atoms with Crippen LogP contribution in [0.15, 0.2) is 10.9 Å². The summed E-state index contributed by atoms with van der Waals surface area (Å²) in [4.78, 5) is 13.2. The molecule has 0 radical (unpaired) electrons. The Bertz CT molecular complexity index is 505. The second-order valence-corrected chi connectivity index (χ2v) is 4.26. The van der Waals surface area contributed by atoms with Crippen LogP contribution in [0.5, 0.6) is 0 Å². The van der Waals surface area contributed by atoms with E-state index >= 15 is 0 Å². The fourth-order valence-electron chi connectivity index (χ4n) is 2.23. The molecule has 2 rings (SSSR count). The lowest BCUT2D eigenvalue weighted by molar-refractivity contribution is -0.144. The second kappa shape index (κ2) is 3.78. The molecule has 0 amide bonds. The minimum Gasteiger partial charge on any atom is -0.361 e. The Hall–Kier alpha value is -1.46. The van der Waals surface area contributed by atoms with Crippen LogP contribution in [0.2, 0.25) is 0 Å². The number of hydrogen-bond donors (Lipinski definition) is 0. The van der Waals surface area contributed by atoms with E-state index in [1.165, 1.54) is 17.6 Å². The van der Waals surface area contributed by atoms with Crippen LogP contribution in [0, 0.1) is 6.92 Å². The molecule has 0 saturated heterocycles. The third-order valence-electron chi connectivity index (χ3n) is 3.07. The topological polar surface area (TPSA) is 25.2 Å². The molecular formula is C11H13F3N2O. The Morgan fingerprint density at radius 3 is 2.53 bits per heavy atom. The van der Waals surface area contributed by atoms with Crippen LogP contribution in [0.1, 0.15) is 17.7 Å². The van der Waals surface area contributed by atoms with Gasteiger partial charge in [-0.3, -0.25) is 4.79 Å². The zero-order valence-corrected chi connectivity index (χ0v) is 9.64. The monoisotopic (exact) mass is 246 g/mol. The molecule has 1 aromatic rings. The third-order valence-corrected chi connectivity index (χ3v) is 3.07. The van der Waals surface area contributed by atoms with Crippen molar-refractivity contribution in [2.24, 2.45) is 0 Å². The molecule has 0 unspecified atom stereocenters. The average Bonchev–Trinajstić information content (AvgIpc) is 2.19. The smallest absolute Gasteiger partial charge is 0.361 e. The summed E-state index contributed by atoms with van der Waals surface area (Å²) in [5.74, 6) is 0.346. The van der Waals surface area contributed by atoms with Crippen molar-refractivity contribution in [3.8, 4) is 0 Å². The van der Waals surface area contributed by atoms with E-state index in [0.29, 0.717) is 25.3 Å². The van der Waals surface area contributed by atoms with Crippen molar-refractivity contribution >= 4 is 5.82 Å². The number of rotatable bonds is 0. The molecule has 6 heteroatoms. The molecular weight excluding hydrogens is 233 g/mol. The van der Waals surface area contributed by atoms with Gasteiger partial charge in [-0.2, -0.15) is 13.2 Å². The fraction of sp³-hybridized carbons (Fsp3) is 0.545. The van der Waals surface area contributed by atoms with E-state index in [1.807, 2.05) is 0 Å². The Morgan fingerprint density at radius 1 is 1.29 bits per heavy atom. The van der Waals surface area contributed by atoms with Gasteiger partial charge >= 0.3 is 6.18 Å². The van der Waals surface area contributed by atoms with Gasteiger partial charge in [-0.05, 0) is 13.3 Å². The number of hydrogen-bond acceptors (Lipinski definition) is 2. The predicted octanol–water partition coefficient (Wildman–Crippen LogP) is 2.02. The van der Waals surface area contributed by atoms with Gasteiger partial charge in [0.15, 0.2) is 5.43 Å². The zero-order valence-electron chi connectivity index (χ0n) is 9.64. The normalized spacial score (nSPS) is 15.9. The summed E-state index contributed by atoms with van der Waals surface area (Å²) < 4.78 is 40.1. The molecule has 1 aliphatic heterocycles. The number of aromatic nitrogens is 1. The summed E-state index contributed by atoms with van der Waals surface area (Å²) in [6, 6.07) is 1.28. The lowest BCUT2D eigenvalue weighted by atomic mass is 10.1. The van der Waals surface area contributed by atoms with Crippen LogP contribution in [0.25, 0.3) is 0 Å². The maximum absolute atomic E-state index is 13.0. The highest BCUT2D eigenvalue weighted by atomic mass is 19.4. The molecule has 94 valence electrons. The number of pyridine rings is 1. The molecule has 0 N–H and O–H groups in total. The van der Waals surface area contributed by atoms with E-state index < -0.39 is 17.3 Å². The zero-order chi connectivity index (χ0) is 12.8. The van der Waals surface area contributed by atoms with Crippen molar-refractivity contribution in [3.63, 3.8) is 0 Å². The molecule has 0 bridgehead atoms. The highest BCUT2D eigenvalue weighted by Crippen LogP contribution is 2.34. The van der Waals surface area contributed by atoms with Gasteiger partial charge in [0.25, 0.3) is 0 Å². The maximum Gasteiger partial charge on any atom is 0.431 e. The third kappa shape index (κ3) is 1.92. The maximum atomic E-state index is 13.0. The Kier molecular flexibility index (Phi) is 2.67. The summed E-state index contributed by atoms with van der Waals surface area (Å²) in [5.41, 5.74) is -1.60. The molecule has 3 nitrogen and oxygen atoms in total. The largest absolute Gasteiger partial charge is 0.431 e. The fourth-order valence-corrected chi connectivity index (χ4v) is 2.23. The molecule has 0 saturated carbocycles. The van der Waals surface area contributed by atoms with Gasteiger partial charge in [0.2, 0.25) is 0 Å². The van der Waals surface area contributed by atoms with E-state index in [0.717, 1.165) is 0 Å². The van der Waals surface area contributed by atoms with Gasteiger partial charge in [-0.15, -0.1) is 0 Å². The molecule has 0 atom stereocenters. The highest BCUT2D eigenvalue weighted by Gasteiger charge is 2.38. The summed E-state index contributed by atoms with van der Waals surface area (Å²) >= 11 is 0. The van der Waals surface area contributed by atoms with Gasteiger partial charge in [0.1, 0.15) is 11.5 Å². The summed E-state index contributed by atoms with van der Waals surface area (Å²) in [5, 5.41) is 0. The molecule has 1 aromatic heterocycles. The van der Waals surface area contributed by atoms with Gasteiger partial charge < -0.3 is 9.47 Å². The summed E-state index contributed by atoms with van der Waals surface area (Å²) in [7, 11) is 1.69. The molecule has 0 fully saturated rings. The Morgan fingerprint density at radius 2 is 1.94 bits per heavy atom. The number of fused-ring (bicyclic) bond motifs is 1. The van der Waals surface area contributed by atoms with Crippen molar-refractivity contribution in [1.82, 2.24) is 4.57 Å². The van der Waals surface area contributed by atoms with Gasteiger partial charge in [-0.1, -0.05) is 0 Å². The number of nitrogens with zero attached hydrogens (tertiary/aromatic N) is 2. The molecule has 0 spiro atoms. The van der Waals surface area contributed by atoms with Crippen molar-refractivity contribution in [2.45, 2.75) is 26.1 Å².